The van der Waals surface area contributed by atoms with Crippen molar-refractivity contribution in [3.63, 3.8) is 0 Å². The number of aryl methyl sites for hydroxylation is 1. The Hall–Kier alpha value is -0.620. The number of thiophene rings is 1. The molecule has 0 aliphatic heterocycles. The number of hydrazine groups is 1. The first-order valence-electron chi connectivity index (χ1n) is 4.46. The number of rotatable bonds is 3. The minimum atomic E-state index is -0.0978. The highest BCUT2D eigenvalue weighted by Crippen LogP contribution is 2.31. The number of halogens is 1. The van der Waals surface area contributed by atoms with Gasteiger partial charge in [0.1, 0.15) is 17.6 Å². The van der Waals surface area contributed by atoms with Gasteiger partial charge in [0.05, 0.1) is 0 Å². The van der Waals surface area contributed by atoms with Crippen molar-refractivity contribution >= 4 is 27.3 Å². The first-order chi connectivity index (χ1) is 7.22. The normalized spacial score (nSPS) is 13.0. The molecule has 0 bridgehead atoms. The van der Waals surface area contributed by atoms with Gasteiger partial charge >= 0.3 is 0 Å². The van der Waals surface area contributed by atoms with Gasteiger partial charge < -0.3 is 4.42 Å². The molecule has 3 nitrogen and oxygen atoms in total. The van der Waals surface area contributed by atoms with Crippen LogP contribution >= 0.6 is 27.3 Å². The van der Waals surface area contributed by atoms with Gasteiger partial charge in [-0.05, 0) is 40.4 Å². The monoisotopic (exact) mass is 286 g/mol. The number of furan rings is 1. The Kier molecular flexibility index (Phi) is 3.25. The standard InChI is InChI=1S/C10H11BrN2OS/c1-6-2-3-9(14-6)10(13-12)7-4-15-5-8(7)11/h2-5,10,13H,12H2,1H3. The second-order valence-corrected chi connectivity index (χ2v) is 4.82. The molecule has 0 radical (unpaired) electrons. The molecule has 80 valence electrons. The predicted molar refractivity (Wildman–Crippen MR) is 64.6 cm³/mol. The maximum atomic E-state index is 5.56. The summed E-state index contributed by atoms with van der Waals surface area (Å²) in [4.78, 5) is 0. The zero-order valence-electron chi connectivity index (χ0n) is 8.16. The van der Waals surface area contributed by atoms with Crippen LogP contribution in [0.25, 0.3) is 0 Å². The number of nitrogens with one attached hydrogen (secondary N) is 1. The topological polar surface area (TPSA) is 51.2 Å². The molecule has 0 aliphatic carbocycles. The highest BCUT2D eigenvalue weighted by atomic mass is 79.9. The van der Waals surface area contributed by atoms with Crippen molar-refractivity contribution < 1.29 is 4.42 Å². The van der Waals surface area contributed by atoms with Crippen LogP contribution in [0, 0.1) is 6.92 Å². The van der Waals surface area contributed by atoms with Gasteiger partial charge in [0.15, 0.2) is 0 Å². The van der Waals surface area contributed by atoms with Crippen LogP contribution < -0.4 is 11.3 Å². The number of nitrogens with two attached hydrogens (primary N) is 1. The number of hydrogen-bond acceptors (Lipinski definition) is 4. The number of hydrogen-bond donors (Lipinski definition) is 2. The zero-order valence-corrected chi connectivity index (χ0v) is 10.6. The largest absolute Gasteiger partial charge is 0.464 e. The van der Waals surface area contributed by atoms with Crippen LogP contribution in [-0.2, 0) is 0 Å². The fourth-order valence-corrected chi connectivity index (χ4v) is 2.98. The average molecular weight is 287 g/mol. The van der Waals surface area contributed by atoms with E-state index >= 15 is 0 Å². The quantitative estimate of drug-likeness (QED) is 0.674. The molecule has 2 rings (SSSR count). The Bertz CT molecular complexity index is 452. The van der Waals surface area contributed by atoms with Gasteiger partial charge in [0.2, 0.25) is 0 Å². The first kappa shape index (κ1) is 10.9. The lowest BCUT2D eigenvalue weighted by molar-refractivity contribution is 0.434. The second-order valence-electron chi connectivity index (χ2n) is 3.22. The second kappa shape index (κ2) is 4.49. The zero-order chi connectivity index (χ0) is 10.8. The van der Waals surface area contributed by atoms with Crippen LogP contribution in [-0.4, -0.2) is 0 Å². The minimum Gasteiger partial charge on any atom is -0.464 e. The van der Waals surface area contributed by atoms with Gasteiger partial charge in [-0.2, -0.15) is 11.3 Å². The van der Waals surface area contributed by atoms with Gasteiger partial charge in [-0.25, -0.2) is 5.43 Å². The Morgan fingerprint density at radius 2 is 2.27 bits per heavy atom. The lowest BCUT2D eigenvalue weighted by Gasteiger charge is -2.12. The molecule has 0 amide bonds. The highest BCUT2D eigenvalue weighted by Gasteiger charge is 2.18. The molecule has 0 aliphatic rings. The molecule has 2 aromatic heterocycles. The lowest BCUT2D eigenvalue weighted by Crippen LogP contribution is -2.28. The third-order valence-electron chi connectivity index (χ3n) is 2.17. The summed E-state index contributed by atoms with van der Waals surface area (Å²) in [6.07, 6.45) is 0. The third-order valence-corrected chi connectivity index (χ3v) is 3.92. The van der Waals surface area contributed by atoms with Crippen molar-refractivity contribution in [1.82, 2.24) is 5.43 Å². The third kappa shape index (κ3) is 2.15. The summed E-state index contributed by atoms with van der Waals surface area (Å²) in [5, 5.41) is 4.07. The fourth-order valence-electron chi connectivity index (χ4n) is 1.43. The van der Waals surface area contributed by atoms with Gasteiger partial charge in [0, 0.05) is 15.4 Å². The molecule has 3 N–H and O–H groups in total. The van der Waals surface area contributed by atoms with Crippen LogP contribution in [0.4, 0.5) is 0 Å². The molecule has 1 unspecified atom stereocenters. The fraction of sp³-hybridized carbons (Fsp3) is 0.200. The summed E-state index contributed by atoms with van der Waals surface area (Å²) in [7, 11) is 0. The van der Waals surface area contributed by atoms with Crippen molar-refractivity contribution in [2.75, 3.05) is 0 Å². The van der Waals surface area contributed by atoms with Crippen molar-refractivity contribution in [3.05, 3.63) is 44.4 Å². The molecule has 5 heteroatoms. The van der Waals surface area contributed by atoms with E-state index in [0.29, 0.717) is 0 Å². The van der Waals surface area contributed by atoms with E-state index in [2.05, 4.69) is 21.4 Å². The molecule has 0 saturated heterocycles. The summed E-state index contributed by atoms with van der Waals surface area (Å²) in [5.74, 6) is 7.26. The lowest BCUT2D eigenvalue weighted by atomic mass is 10.1. The van der Waals surface area contributed by atoms with Gasteiger partial charge in [0.25, 0.3) is 0 Å². The van der Waals surface area contributed by atoms with E-state index in [1.807, 2.05) is 29.8 Å². The smallest absolute Gasteiger partial charge is 0.126 e. The van der Waals surface area contributed by atoms with E-state index in [1.54, 1.807) is 11.3 Å². The SMILES string of the molecule is Cc1ccc(C(NN)c2cscc2Br)o1. The molecule has 15 heavy (non-hydrogen) atoms. The Morgan fingerprint density at radius 3 is 2.73 bits per heavy atom. The molecule has 2 heterocycles. The molecule has 0 saturated carbocycles. The molecule has 0 aromatic carbocycles. The van der Waals surface area contributed by atoms with Crippen LogP contribution in [0.2, 0.25) is 0 Å². The molecule has 1 atom stereocenters. The maximum Gasteiger partial charge on any atom is 0.126 e. The summed E-state index contributed by atoms with van der Waals surface area (Å²) in [6.45, 7) is 1.92. The summed E-state index contributed by atoms with van der Waals surface area (Å²) in [6, 6.07) is 3.77. The summed E-state index contributed by atoms with van der Waals surface area (Å²) >= 11 is 5.11. The van der Waals surface area contributed by atoms with E-state index in [0.717, 1.165) is 21.6 Å². The summed E-state index contributed by atoms with van der Waals surface area (Å²) < 4.78 is 6.60. The van der Waals surface area contributed by atoms with Gasteiger partial charge in [-0.1, -0.05) is 0 Å². The first-order valence-corrected chi connectivity index (χ1v) is 6.20. The van der Waals surface area contributed by atoms with E-state index < -0.39 is 0 Å². The molecule has 2 aromatic rings. The molecule has 0 spiro atoms. The van der Waals surface area contributed by atoms with Crippen LogP contribution in [0.15, 0.2) is 31.8 Å². The Balaban J connectivity index is 2.36. The van der Waals surface area contributed by atoms with Crippen LogP contribution in [0.3, 0.4) is 0 Å². The Labute approximate surface area is 100 Å². The molecule has 0 fully saturated rings. The average Bonchev–Trinajstić information content (AvgIpc) is 2.79. The van der Waals surface area contributed by atoms with Crippen LogP contribution in [0.1, 0.15) is 23.1 Å². The summed E-state index contributed by atoms with van der Waals surface area (Å²) in [5.41, 5.74) is 3.85. The van der Waals surface area contributed by atoms with Crippen molar-refractivity contribution in [3.8, 4) is 0 Å². The highest BCUT2D eigenvalue weighted by molar-refractivity contribution is 9.10. The van der Waals surface area contributed by atoms with E-state index in [9.17, 15) is 0 Å². The van der Waals surface area contributed by atoms with Crippen LogP contribution in [0.5, 0.6) is 0 Å². The van der Waals surface area contributed by atoms with Crippen molar-refractivity contribution in [2.45, 2.75) is 13.0 Å². The predicted octanol–water partition coefficient (Wildman–Crippen LogP) is 2.96. The molecular formula is C10H11BrN2OS. The minimum absolute atomic E-state index is 0.0978. The van der Waals surface area contributed by atoms with E-state index in [-0.39, 0.29) is 6.04 Å². The maximum absolute atomic E-state index is 5.56. The van der Waals surface area contributed by atoms with Gasteiger partial charge in [-0.3, -0.25) is 5.84 Å². The van der Waals surface area contributed by atoms with Crippen molar-refractivity contribution in [1.29, 1.82) is 0 Å². The van der Waals surface area contributed by atoms with Crippen molar-refractivity contribution in [2.24, 2.45) is 5.84 Å². The Morgan fingerprint density at radius 1 is 1.47 bits per heavy atom. The van der Waals surface area contributed by atoms with E-state index in [4.69, 9.17) is 10.3 Å². The van der Waals surface area contributed by atoms with E-state index in [1.165, 1.54) is 0 Å². The van der Waals surface area contributed by atoms with Gasteiger partial charge in [-0.15, -0.1) is 0 Å². The molecular weight excluding hydrogens is 276 g/mol.